The maximum absolute atomic E-state index is 5.81. The second-order valence-corrected chi connectivity index (χ2v) is 7.09. The van der Waals surface area contributed by atoms with Gasteiger partial charge in [0.15, 0.2) is 11.5 Å². The van der Waals surface area contributed by atoms with E-state index in [-0.39, 0.29) is 0 Å². The number of hydrogen-bond acceptors (Lipinski definition) is 4. The van der Waals surface area contributed by atoms with Crippen LogP contribution >= 0.6 is 0 Å². The Morgan fingerprint density at radius 2 is 1.78 bits per heavy atom. The van der Waals surface area contributed by atoms with Crippen molar-refractivity contribution in [3.8, 4) is 11.5 Å². The number of fused-ring (bicyclic) bond motifs is 2. The minimum Gasteiger partial charge on any atom is -0.493 e. The normalized spacial score (nSPS) is 13.1. The van der Waals surface area contributed by atoms with E-state index in [1.807, 2.05) is 0 Å². The average molecular weight is 364 g/mol. The summed E-state index contributed by atoms with van der Waals surface area (Å²) in [4.78, 5) is 4.98. The van der Waals surface area contributed by atoms with E-state index in [2.05, 4.69) is 60.0 Å². The van der Waals surface area contributed by atoms with Crippen molar-refractivity contribution < 1.29 is 9.47 Å². The molecule has 0 radical (unpaired) electrons. The zero-order valence-corrected chi connectivity index (χ0v) is 16.7. The van der Waals surface area contributed by atoms with Crippen LogP contribution in [0.15, 0.2) is 36.4 Å². The van der Waals surface area contributed by atoms with E-state index in [0.29, 0.717) is 0 Å². The van der Waals surface area contributed by atoms with Gasteiger partial charge in [-0.05, 0) is 41.6 Å². The van der Waals surface area contributed by atoms with Gasteiger partial charge in [0, 0.05) is 36.1 Å². The Kier molecular flexibility index (Phi) is 4.83. The van der Waals surface area contributed by atoms with E-state index in [0.717, 1.165) is 44.2 Å². The van der Waals surface area contributed by atoms with Crippen LogP contribution in [0.3, 0.4) is 0 Å². The molecule has 4 rings (SSSR count). The third-order valence-corrected chi connectivity index (χ3v) is 5.81. The fourth-order valence-corrected chi connectivity index (χ4v) is 4.33. The third kappa shape index (κ3) is 2.88. The molecule has 0 unspecified atom stereocenters. The van der Waals surface area contributed by atoms with Crippen LogP contribution in [0.4, 0.5) is 5.69 Å². The van der Waals surface area contributed by atoms with Gasteiger partial charge in [0.2, 0.25) is 0 Å². The lowest BCUT2D eigenvalue weighted by Gasteiger charge is -2.25. The highest BCUT2D eigenvalue weighted by Gasteiger charge is 2.27. The second-order valence-electron chi connectivity index (χ2n) is 7.09. The van der Waals surface area contributed by atoms with Crippen LogP contribution in [0, 0.1) is 0 Å². The molecule has 0 fully saturated rings. The lowest BCUT2D eigenvalue weighted by molar-refractivity contribution is 0.309. The first-order valence-electron chi connectivity index (χ1n) is 9.78. The summed E-state index contributed by atoms with van der Waals surface area (Å²) in [6.07, 6.45) is 0. The summed E-state index contributed by atoms with van der Waals surface area (Å²) < 4.78 is 11.5. The summed E-state index contributed by atoms with van der Waals surface area (Å²) >= 11 is 0. The monoisotopic (exact) mass is 364 g/mol. The highest BCUT2D eigenvalue weighted by molar-refractivity contribution is 6.18. The van der Waals surface area contributed by atoms with E-state index >= 15 is 0 Å². The first-order valence-corrected chi connectivity index (χ1v) is 9.78. The van der Waals surface area contributed by atoms with Crippen molar-refractivity contribution in [3.63, 3.8) is 0 Å². The van der Waals surface area contributed by atoms with Gasteiger partial charge in [-0.25, -0.2) is 0 Å². The first kappa shape index (κ1) is 17.9. The first-order chi connectivity index (χ1) is 13.2. The van der Waals surface area contributed by atoms with Crippen molar-refractivity contribution in [2.24, 2.45) is 0 Å². The second kappa shape index (κ2) is 7.28. The number of methoxy groups -OCH3 is 2. The van der Waals surface area contributed by atoms with Gasteiger partial charge in [0.05, 0.1) is 14.2 Å². The number of rotatable bonds is 7. The van der Waals surface area contributed by atoms with Gasteiger partial charge in [-0.15, -0.1) is 0 Å². The SMILES string of the molecule is CCN(CC)CCN1Cc2cc(OC)c(OC)c3c2c1cc1ccccc13. The Labute approximate surface area is 161 Å². The molecule has 3 aromatic rings. The Morgan fingerprint density at radius 3 is 2.48 bits per heavy atom. The maximum atomic E-state index is 5.81. The Hall–Kier alpha value is -2.46. The summed E-state index contributed by atoms with van der Waals surface area (Å²) in [5.41, 5.74) is 2.63. The van der Waals surface area contributed by atoms with Crippen LogP contribution in [-0.2, 0) is 6.54 Å². The molecule has 3 aromatic carbocycles. The molecule has 0 spiro atoms. The molecule has 0 aliphatic carbocycles. The van der Waals surface area contributed by atoms with Crippen LogP contribution in [0.25, 0.3) is 21.5 Å². The molecule has 1 aliphatic rings. The molecule has 0 saturated heterocycles. The molecule has 0 amide bonds. The molecule has 4 nitrogen and oxygen atoms in total. The summed E-state index contributed by atoms with van der Waals surface area (Å²) in [5.74, 6) is 1.65. The molecule has 27 heavy (non-hydrogen) atoms. The zero-order valence-electron chi connectivity index (χ0n) is 16.7. The van der Waals surface area contributed by atoms with Gasteiger partial charge in [-0.3, -0.25) is 0 Å². The van der Waals surface area contributed by atoms with Gasteiger partial charge in [0.1, 0.15) is 0 Å². The molecule has 0 saturated carbocycles. The molecule has 1 heterocycles. The minimum absolute atomic E-state index is 0.813. The number of hydrogen-bond donors (Lipinski definition) is 0. The summed E-state index contributed by atoms with van der Waals surface area (Å²) in [6, 6.07) is 13.0. The number of nitrogens with zero attached hydrogens (tertiary/aromatic N) is 2. The van der Waals surface area contributed by atoms with E-state index in [4.69, 9.17) is 9.47 Å². The van der Waals surface area contributed by atoms with E-state index < -0.39 is 0 Å². The van der Waals surface area contributed by atoms with E-state index in [1.54, 1.807) is 14.2 Å². The number of ether oxygens (including phenoxy) is 2. The number of anilines is 1. The fourth-order valence-electron chi connectivity index (χ4n) is 4.33. The predicted molar refractivity (Wildman–Crippen MR) is 113 cm³/mol. The lowest BCUT2D eigenvalue weighted by atomic mass is 9.97. The summed E-state index contributed by atoms with van der Waals surface area (Å²) in [6.45, 7) is 9.65. The predicted octanol–water partition coefficient (Wildman–Crippen LogP) is 4.67. The van der Waals surface area contributed by atoms with Crippen LogP contribution in [0.1, 0.15) is 19.4 Å². The van der Waals surface area contributed by atoms with Crippen molar-refractivity contribution in [1.82, 2.24) is 4.90 Å². The molecule has 142 valence electrons. The van der Waals surface area contributed by atoms with Crippen LogP contribution in [-0.4, -0.2) is 45.3 Å². The van der Waals surface area contributed by atoms with Gasteiger partial charge >= 0.3 is 0 Å². The largest absolute Gasteiger partial charge is 0.493 e. The minimum atomic E-state index is 0.813. The van der Waals surface area contributed by atoms with Crippen molar-refractivity contribution in [1.29, 1.82) is 0 Å². The van der Waals surface area contributed by atoms with Gasteiger partial charge in [-0.1, -0.05) is 38.1 Å². The third-order valence-electron chi connectivity index (χ3n) is 5.81. The fraction of sp³-hybridized carbons (Fsp3) is 0.391. The molecular formula is C23H28N2O2. The van der Waals surface area contributed by atoms with Crippen LogP contribution in [0.2, 0.25) is 0 Å². The molecule has 0 atom stereocenters. The number of benzene rings is 3. The molecule has 4 heteroatoms. The molecule has 0 aromatic heterocycles. The highest BCUT2D eigenvalue weighted by Crippen LogP contribution is 2.49. The quantitative estimate of drug-likeness (QED) is 0.569. The molecular weight excluding hydrogens is 336 g/mol. The smallest absolute Gasteiger partial charge is 0.169 e. The average Bonchev–Trinajstić information content (AvgIpc) is 3.06. The molecule has 1 aliphatic heterocycles. The van der Waals surface area contributed by atoms with Crippen molar-refractivity contribution in [2.75, 3.05) is 45.3 Å². The zero-order chi connectivity index (χ0) is 19.0. The number of likely N-dealkylation sites (N-methyl/N-ethyl adjacent to an activating group) is 1. The van der Waals surface area contributed by atoms with E-state index in [9.17, 15) is 0 Å². The van der Waals surface area contributed by atoms with Gasteiger partial charge in [0.25, 0.3) is 0 Å². The Bertz CT molecular complexity index is 979. The van der Waals surface area contributed by atoms with Crippen LogP contribution in [0.5, 0.6) is 11.5 Å². The van der Waals surface area contributed by atoms with Crippen molar-refractivity contribution >= 4 is 27.2 Å². The standard InChI is InChI=1S/C23H28N2O2/c1-5-24(6-2)11-12-25-15-17-14-20(26-3)23(27-4)22-18-10-8-7-9-16(18)13-19(25)21(17)22/h7-10,13-14H,5-6,11-12,15H2,1-4H3. The van der Waals surface area contributed by atoms with Crippen molar-refractivity contribution in [2.45, 2.75) is 20.4 Å². The van der Waals surface area contributed by atoms with E-state index in [1.165, 1.54) is 32.8 Å². The highest BCUT2D eigenvalue weighted by atomic mass is 16.5. The van der Waals surface area contributed by atoms with Crippen LogP contribution < -0.4 is 14.4 Å². The van der Waals surface area contributed by atoms with Gasteiger partial charge in [-0.2, -0.15) is 0 Å². The Balaban J connectivity index is 1.90. The molecule has 0 N–H and O–H groups in total. The summed E-state index contributed by atoms with van der Waals surface area (Å²) in [5, 5.41) is 4.95. The maximum Gasteiger partial charge on any atom is 0.169 e. The topological polar surface area (TPSA) is 24.9 Å². The van der Waals surface area contributed by atoms with Gasteiger partial charge < -0.3 is 19.3 Å². The Morgan fingerprint density at radius 1 is 1.00 bits per heavy atom. The van der Waals surface area contributed by atoms with Crippen molar-refractivity contribution in [3.05, 3.63) is 42.0 Å². The lowest BCUT2D eigenvalue weighted by Crippen LogP contribution is -2.33. The summed E-state index contributed by atoms with van der Waals surface area (Å²) in [7, 11) is 3.45. The molecule has 0 bridgehead atoms.